The first-order valence-electron chi connectivity index (χ1n) is 6.45. The van der Waals surface area contributed by atoms with Gasteiger partial charge in [0.15, 0.2) is 16.7 Å². The van der Waals surface area contributed by atoms with Crippen molar-refractivity contribution in [2.24, 2.45) is 10.2 Å². The van der Waals surface area contributed by atoms with Gasteiger partial charge in [-0.05, 0) is 35.5 Å². The normalized spacial score (nSPS) is 19.6. The first-order chi connectivity index (χ1) is 11.2. The van der Waals surface area contributed by atoms with Gasteiger partial charge in [-0.1, -0.05) is 0 Å². The number of amides is 1. The largest absolute Gasteiger partial charge is 0.466 e. The Morgan fingerprint density at radius 3 is 3.04 bits per heavy atom. The Bertz CT molecular complexity index is 757. The van der Waals surface area contributed by atoms with E-state index >= 15 is 0 Å². The van der Waals surface area contributed by atoms with E-state index in [0.717, 1.165) is 23.4 Å². The van der Waals surface area contributed by atoms with Crippen molar-refractivity contribution >= 4 is 35.0 Å². The number of benzene rings is 1. The maximum atomic E-state index is 11.6. The summed E-state index contributed by atoms with van der Waals surface area (Å²) in [5.41, 5.74) is 0.776. The maximum absolute atomic E-state index is 11.6. The van der Waals surface area contributed by atoms with Crippen LogP contribution in [-0.2, 0) is 14.3 Å². The van der Waals surface area contributed by atoms with Crippen LogP contribution in [0.25, 0.3) is 0 Å². The maximum Gasteiger partial charge on any atom is 0.331 e. The van der Waals surface area contributed by atoms with Gasteiger partial charge in [-0.3, -0.25) is 10.1 Å². The molecule has 0 saturated carbocycles. The summed E-state index contributed by atoms with van der Waals surface area (Å²) in [5, 5.41) is 10.6. The minimum absolute atomic E-state index is 0.203. The minimum Gasteiger partial charge on any atom is -0.466 e. The first kappa shape index (κ1) is 15.1. The van der Waals surface area contributed by atoms with Gasteiger partial charge in [-0.2, -0.15) is 5.10 Å². The summed E-state index contributed by atoms with van der Waals surface area (Å²) in [6, 6.07) is 5.36. The van der Waals surface area contributed by atoms with Crippen LogP contribution in [0.1, 0.15) is 5.56 Å². The summed E-state index contributed by atoms with van der Waals surface area (Å²) < 4.78 is 14.9. The molecule has 2 heterocycles. The third kappa shape index (κ3) is 3.51. The van der Waals surface area contributed by atoms with E-state index in [9.17, 15) is 9.59 Å². The Hall–Kier alpha value is -2.81. The van der Waals surface area contributed by atoms with Gasteiger partial charge >= 0.3 is 5.97 Å². The Kier molecular flexibility index (Phi) is 4.29. The number of rotatable bonds is 3. The lowest BCUT2D eigenvalue weighted by molar-refractivity contribution is -0.135. The first-order valence-corrected chi connectivity index (χ1v) is 7.27. The number of fused-ring (bicyclic) bond motifs is 1. The molecular formula is C14H11N3O5S. The van der Waals surface area contributed by atoms with Crippen molar-refractivity contribution in [2.45, 2.75) is 0 Å². The predicted molar refractivity (Wildman–Crippen MR) is 83.4 cm³/mol. The summed E-state index contributed by atoms with van der Waals surface area (Å²) in [6.45, 7) is 0.205. The molecule has 8 nitrogen and oxygen atoms in total. The van der Waals surface area contributed by atoms with E-state index in [1.807, 2.05) is 0 Å². The van der Waals surface area contributed by atoms with Gasteiger partial charge in [0.25, 0.3) is 5.91 Å². The lowest BCUT2D eigenvalue weighted by Gasteiger charge is -1.96. The number of thioether (sulfide) groups is 1. The van der Waals surface area contributed by atoms with Crippen molar-refractivity contribution < 1.29 is 23.8 Å². The smallest absolute Gasteiger partial charge is 0.331 e. The van der Waals surface area contributed by atoms with Gasteiger partial charge in [0.2, 0.25) is 6.79 Å². The van der Waals surface area contributed by atoms with Crippen LogP contribution < -0.4 is 14.8 Å². The molecule has 1 aromatic rings. The van der Waals surface area contributed by atoms with Gasteiger partial charge in [0.05, 0.1) is 18.2 Å². The fourth-order valence-electron chi connectivity index (χ4n) is 1.78. The molecule has 1 aromatic carbocycles. The van der Waals surface area contributed by atoms with Crippen LogP contribution in [0.5, 0.6) is 11.5 Å². The second-order valence-corrected chi connectivity index (χ2v) is 5.38. The molecule has 2 aliphatic heterocycles. The van der Waals surface area contributed by atoms with Gasteiger partial charge in [0, 0.05) is 6.08 Å². The van der Waals surface area contributed by atoms with Crippen LogP contribution in [0.4, 0.5) is 0 Å². The van der Waals surface area contributed by atoms with Crippen molar-refractivity contribution in [3.63, 3.8) is 0 Å². The Balaban J connectivity index is 1.67. The molecule has 23 heavy (non-hydrogen) atoms. The number of esters is 1. The van der Waals surface area contributed by atoms with Crippen LogP contribution in [0.15, 0.2) is 39.4 Å². The zero-order valence-electron chi connectivity index (χ0n) is 11.9. The average molecular weight is 333 g/mol. The number of hydrogen-bond acceptors (Lipinski definition) is 8. The molecule has 1 N–H and O–H groups in total. The van der Waals surface area contributed by atoms with Gasteiger partial charge < -0.3 is 14.2 Å². The van der Waals surface area contributed by atoms with Crippen LogP contribution in [-0.4, -0.2) is 37.2 Å². The molecule has 0 unspecified atom stereocenters. The molecule has 0 atom stereocenters. The lowest BCUT2D eigenvalue weighted by Crippen LogP contribution is -2.19. The quantitative estimate of drug-likeness (QED) is 0.384. The van der Waals surface area contributed by atoms with Crippen LogP contribution in [0, 0.1) is 0 Å². The Morgan fingerprint density at radius 2 is 2.22 bits per heavy atom. The molecule has 3 rings (SSSR count). The number of amidine groups is 1. The van der Waals surface area contributed by atoms with Gasteiger partial charge in [-0.25, -0.2) is 4.79 Å². The summed E-state index contributed by atoms with van der Waals surface area (Å²) in [6.07, 6.45) is 2.62. The third-order valence-corrected chi connectivity index (χ3v) is 3.75. The van der Waals surface area contributed by atoms with Crippen LogP contribution >= 0.6 is 11.8 Å². The minimum atomic E-state index is -0.604. The summed E-state index contributed by atoms with van der Waals surface area (Å²) in [5.74, 6) is 0.309. The molecule has 1 amide bonds. The molecule has 0 aromatic heterocycles. The highest BCUT2D eigenvalue weighted by atomic mass is 32.2. The molecule has 9 heteroatoms. The van der Waals surface area contributed by atoms with Gasteiger partial charge in [0.1, 0.15) is 0 Å². The van der Waals surface area contributed by atoms with Crippen molar-refractivity contribution in [3.8, 4) is 11.5 Å². The predicted octanol–water partition coefficient (Wildman–Crippen LogP) is 1.03. The van der Waals surface area contributed by atoms with Crippen molar-refractivity contribution in [1.82, 2.24) is 5.32 Å². The number of carbonyl (C=O) groups is 2. The summed E-state index contributed by atoms with van der Waals surface area (Å²) >= 11 is 1.01. The van der Waals surface area contributed by atoms with Crippen LogP contribution in [0.2, 0.25) is 0 Å². The molecule has 0 aliphatic carbocycles. The third-order valence-electron chi connectivity index (χ3n) is 2.85. The standard InChI is InChI=1S/C14H11N3O5S/c1-20-12(18)5-11-13(19)16-14(23-11)17-15-6-8-2-3-9-10(4-8)22-7-21-9/h2-6H,7H2,1H3,(H,16,17,19). The van der Waals surface area contributed by atoms with Crippen molar-refractivity contribution in [1.29, 1.82) is 0 Å². The molecular weight excluding hydrogens is 322 g/mol. The molecule has 1 fully saturated rings. The Morgan fingerprint density at radius 1 is 1.39 bits per heavy atom. The van der Waals surface area contributed by atoms with E-state index in [-0.39, 0.29) is 16.9 Å². The monoisotopic (exact) mass is 333 g/mol. The molecule has 1 saturated heterocycles. The molecule has 2 aliphatic rings. The topological polar surface area (TPSA) is 98.6 Å². The van der Waals surface area contributed by atoms with E-state index < -0.39 is 11.9 Å². The molecule has 0 bridgehead atoms. The Labute approximate surface area is 135 Å². The number of ether oxygens (including phenoxy) is 3. The van der Waals surface area contributed by atoms with E-state index in [4.69, 9.17) is 9.47 Å². The van der Waals surface area contributed by atoms with Gasteiger partial charge in [-0.15, -0.1) is 5.10 Å². The number of nitrogens with one attached hydrogen (secondary N) is 1. The van der Waals surface area contributed by atoms with Crippen molar-refractivity contribution in [2.75, 3.05) is 13.9 Å². The molecule has 118 valence electrons. The molecule has 0 spiro atoms. The highest BCUT2D eigenvalue weighted by molar-refractivity contribution is 8.18. The highest BCUT2D eigenvalue weighted by Gasteiger charge is 2.25. The summed E-state index contributed by atoms with van der Waals surface area (Å²) in [4.78, 5) is 23.0. The van der Waals surface area contributed by atoms with E-state index in [2.05, 4.69) is 20.3 Å². The average Bonchev–Trinajstić information content (AvgIpc) is 3.14. The fraction of sp³-hybridized carbons (Fsp3) is 0.143. The zero-order chi connectivity index (χ0) is 16.2. The number of methoxy groups -OCH3 is 1. The van der Waals surface area contributed by atoms with Crippen LogP contribution in [0.3, 0.4) is 0 Å². The summed E-state index contributed by atoms with van der Waals surface area (Å²) in [7, 11) is 1.24. The number of nitrogens with zero attached hydrogens (tertiary/aromatic N) is 2. The second-order valence-electron chi connectivity index (χ2n) is 4.35. The molecule has 0 radical (unpaired) electrons. The lowest BCUT2D eigenvalue weighted by atomic mass is 10.2. The van der Waals surface area contributed by atoms with E-state index in [0.29, 0.717) is 11.5 Å². The SMILES string of the molecule is COC(=O)C=C1SC(=NN=Cc2ccc3c(c2)OCO3)NC1=O. The second kappa shape index (κ2) is 6.53. The fourth-order valence-corrected chi connectivity index (χ4v) is 2.52. The van der Waals surface area contributed by atoms with E-state index in [1.165, 1.54) is 13.3 Å². The van der Waals surface area contributed by atoms with E-state index in [1.54, 1.807) is 18.2 Å². The number of carbonyl (C=O) groups excluding carboxylic acids is 2. The van der Waals surface area contributed by atoms with Crippen molar-refractivity contribution in [3.05, 3.63) is 34.7 Å². The zero-order valence-corrected chi connectivity index (χ0v) is 12.8. The highest BCUT2D eigenvalue weighted by Crippen LogP contribution is 2.32. The number of hydrogen-bond donors (Lipinski definition) is 1.